The van der Waals surface area contributed by atoms with Crippen LogP contribution in [0.5, 0.6) is 5.75 Å². The second-order valence-electron chi connectivity index (χ2n) is 3.92. The van der Waals surface area contributed by atoms with Crippen LogP contribution < -0.4 is 10.1 Å². The first-order valence-corrected chi connectivity index (χ1v) is 6.81. The number of hydrogen-bond acceptors (Lipinski definition) is 2. The first kappa shape index (κ1) is 15.0. The largest absolute Gasteiger partial charge is 0.482 e. The van der Waals surface area contributed by atoms with Gasteiger partial charge in [-0.25, -0.2) is 0 Å². The lowest BCUT2D eigenvalue weighted by atomic mass is 10.3. The van der Waals surface area contributed by atoms with Crippen molar-refractivity contribution in [3.63, 3.8) is 0 Å². The molecule has 0 spiro atoms. The predicted octanol–water partition coefficient (Wildman–Crippen LogP) is 4.66. The van der Waals surface area contributed by atoms with E-state index in [0.717, 1.165) is 0 Å². The average Bonchev–Trinajstić information content (AvgIpc) is 2.40. The highest BCUT2D eigenvalue weighted by molar-refractivity contribution is 6.35. The fraction of sp³-hybridized carbons (Fsp3) is 0.0714. The summed E-state index contributed by atoms with van der Waals surface area (Å²) >= 11 is 17.5. The second-order valence-corrected chi connectivity index (χ2v) is 5.20. The number of amides is 1. The first-order valence-electron chi connectivity index (χ1n) is 5.68. The van der Waals surface area contributed by atoms with E-state index in [1.165, 1.54) is 0 Å². The quantitative estimate of drug-likeness (QED) is 0.885. The summed E-state index contributed by atoms with van der Waals surface area (Å²) in [5, 5.41) is 4.15. The number of rotatable bonds is 4. The maximum absolute atomic E-state index is 11.7. The molecule has 0 fully saturated rings. The summed E-state index contributed by atoms with van der Waals surface area (Å²) < 4.78 is 5.32. The van der Waals surface area contributed by atoms with Crippen LogP contribution in [0.4, 0.5) is 5.69 Å². The minimum Gasteiger partial charge on any atom is -0.482 e. The Labute approximate surface area is 131 Å². The molecule has 0 aromatic heterocycles. The number of benzene rings is 2. The van der Waals surface area contributed by atoms with Gasteiger partial charge in [-0.3, -0.25) is 4.79 Å². The van der Waals surface area contributed by atoms with E-state index in [0.29, 0.717) is 26.5 Å². The van der Waals surface area contributed by atoms with Gasteiger partial charge >= 0.3 is 0 Å². The summed E-state index contributed by atoms with van der Waals surface area (Å²) in [6, 6.07) is 11.6. The van der Waals surface area contributed by atoms with Crippen molar-refractivity contribution in [1.29, 1.82) is 0 Å². The lowest BCUT2D eigenvalue weighted by Crippen LogP contribution is -2.20. The molecule has 1 N–H and O–H groups in total. The molecule has 1 amide bonds. The number of halogens is 3. The van der Waals surface area contributed by atoms with Crippen molar-refractivity contribution in [3.8, 4) is 5.75 Å². The maximum atomic E-state index is 11.7. The number of nitrogens with one attached hydrogen (secondary N) is 1. The van der Waals surface area contributed by atoms with E-state index >= 15 is 0 Å². The predicted molar refractivity (Wildman–Crippen MR) is 82.0 cm³/mol. The van der Waals surface area contributed by atoms with E-state index in [1.807, 2.05) is 0 Å². The molecule has 0 aliphatic heterocycles. The summed E-state index contributed by atoms with van der Waals surface area (Å²) in [7, 11) is 0. The molecule has 3 nitrogen and oxygen atoms in total. The Hall–Kier alpha value is -1.42. The van der Waals surface area contributed by atoms with Crippen LogP contribution in [0.1, 0.15) is 0 Å². The third-order valence-electron chi connectivity index (χ3n) is 2.38. The van der Waals surface area contributed by atoms with Crippen molar-refractivity contribution in [3.05, 3.63) is 57.5 Å². The molecular formula is C14H10Cl3NO2. The average molecular weight is 331 g/mol. The highest BCUT2D eigenvalue weighted by Crippen LogP contribution is 2.27. The molecule has 0 aliphatic carbocycles. The van der Waals surface area contributed by atoms with Gasteiger partial charge in [0.05, 0.1) is 5.02 Å². The van der Waals surface area contributed by atoms with Gasteiger partial charge in [0.25, 0.3) is 5.91 Å². The second kappa shape index (κ2) is 6.84. The molecule has 0 saturated carbocycles. The first-order chi connectivity index (χ1) is 9.54. The number of anilines is 1. The Bertz CT molecular complexity index is 614. The molecular weight excluding hydrogens is 321 g/mol. The maximum Gasteiger partial charge on any atom is 0.262 e. The Morgan fingerprint density at radius 3 is 2.30 bits per heavy atom. The molecule has 6 heteroatoms. The summed E-state index contributed by atoms with van der Waals surface area (Å²) in [5.74, 6) is 0.112. The molecule has 0 heterocycles. The van der Waals surface area contributed by atoms with Crippen LogP contribution in [0, 0.1) is 0 Å². The van der Waals surface area contributed by atoms with Gasteiger partial charge < -0.3 is 10.1 Å². The van der Waals surface area contributed by atoms with Crippen LogP contribution in [0.15, 0.2) is 42.5 Å². The van der Waals surface area contributed by atoms with E-state index in [2.05, 4.69) is 5.32 Å². The minimum atomic E-state index is -0.293. The summed E-state index contributed by atoms with van der Waals surface area (Å²) in [5.41, 5.74) is 0.644. The Balaban J connectivity index is 1.90. The standard InChI is InChI=1S/C14H10Cl3NO2/c15-9-1-4-11(5-2-9)18-14(19)8-20-13-6-3-10(16)7-12(13)17/h1-7H,8H2,(H,18,19). The van der Waals surface area contributed by atoms with E-state index in [-0.39, 0.29) is 12.5 Å². The van der Waals surface area contributed by atoms with E-state index < -0.39 is 0 Å². The van der Waals surface area contributed by atoms with Crippen LogP contribution in [0.2, 0.25) is 15.1 Å². The number of carbonyl (C=O) groups excluding carboxylic acids is 1. The van der Waals surface area contributed by atoms with Gasteiger partial charge in [-0.15, -0.1) is 0 Å². The van der Waals surface area contributed by atoms with Crippen LogP contribution >= 0.6 is 34.8 Å². The lowest BCUT2D eigenvalue weighted by Gasteiger charge is -2.09. The molecule has 0 unspecified atom stereocenters. The zero-order chi connectivity index (χ0) is 14.5. The monoisotopic (exact) mass is 329 g/mol. The Kier molecular flexibility index (Phi) is 5.12. The van der Waals surface area contributed by atoms with Gasteiger partial charge in [0.15, 0.2) is 6.61 Å². The third-order valence-corrected chi connectivity index (χ3v) is 3.16. The van der Waals surface area contributed by atoms with Gasteiger partial charge in [-0.05, 0) is 42.5 Å². The fourth-order valence-electron chi connectivity index (χ4n) is 1.47. The zero-order valence-corrected chi connectivity index (χ0v) is 12.5. The Morgan fingerprint density at radius 1 is 1.00 bits per heavy atom. The number of hydrogen-bond donors (Lipinski definition) is 1. The topological polar surface area (TPSA) is 38.3 Å². The molecule has 20 heavy (non-hydrogen) atoms. The highest BCUT2D eigenvalue weighted by atomic mass is 35.5. The van der Waals surface area contributed by atoms with Gasteiger partial charge in [-0.2, -0.15) is 0 Å². The van der Waals surface area contributed by atoms with Crippen molar-refractivity contribution in [1.82, 2.24) is 0 Å². The van der Waals surface area contributed by atoms with Gasteiger partial charge in [0.2, 0.25) is 0 Å². The van der Waals surface area contributed by atoms with Crippen molar-refractivity contribution in [2.75, 3.05) is 11.9 Å². The lowest BCUT2D eigenvalue weighted by molar-refractivity contribution is -0.118. The number of ether oxygens (including phenoxy) is 1. The molecule has 0 saturated heterocycles. The Morgan fingerprint density at radius 2 is 1.65 bits per heavy atom. The van der Waals surface area contributed by atoms with E-state index in [4.69, 9.17) is 39.5 Å². The van der Waals surface area contributed by atoms with Crippen molar-refractivity contribution in [2.45, 2.75) is 0 Å². The zero-order valence-electron chi connectivity index (χ0n) is 10.2. The SMILES string of the molecule is O=C(COc1ccc(Cl)cc1Cl)Nc1ccc(Cl)cc1. The molecule has 0 radical (unpaired) electrons. The van der Waals surface area contributed by atoms with Crippen LogP contribution in [-0.4, -0.2) is 12.5 Å². The van der Waals surface area contributed by atoms with Crippen LogP contribution in [0.3, 0.4) is 0 Å². The summed E-state index contributed by atoms with van der Waals surface area (Å²) in [6.45, 7) is -0.149. The fourth-order valence-corrected chi connectivity index (χ4v) is 2.05. The third kappa shape index (κ3) is 4.30. The normalized spacial score (nSPS) is 10.2. The summed E-state index contributed by atoms with van der Waals surface area (Å²) in [6.07, 6.45) is 0. The minimum absolute atomic E-state index is 0.149. The molecule has 0 atom stereocenters. The molecule has 2 aromatic rings. The number of carbonyl (C=O) groups is 1. The van der Waals surface area contributed by atoms with Crippen molar-refractivity contribution in [2.24, 2.45) is 0 Å². The molecule has 0 bridgehead atoms. The highest BCUT2D eigenvalue weighted by Gasteiger charge is 2.07. The van der Waals surface area contributed by atoms with E-state index in [9.17, 15) is 4.79 Å². The molecule has 104 valence electrons. The van der Waals surface area contributed by atoms with Gasteiger partial charge in [-0.1, -0.05) is 34.8 Å². The molecule has 2 aromatic carbocycles. The molecule has 2 rings (SSSR count). The van der Waals surface area contributed by atoms with Crippen LogP contribution in [0.25, 0.3) is 0 Å². The van der Waals surface area contributed by atoms with Crippen molar-refractivity contribution >= 4 is 46.4 Å². The summed E-state index contributed by atoms with van der Waals surface area (Å²) in [4.78, 5) is 11.7. The van der Waals surface area contributed by atoms with Gasteiger partial charge in [0, 0.05) is 15.7 Å². The van der Waals surface area contributed by atoms with Gasteiger partial charge in [0.1, 0.15) is 5.75 Å². The smallest absolute Gasteiger partial charge is 0.262 e. The van der Waals surface area contributed by atoms with E-state index in [1.54, 1.807) is 42.5 Å². The molecule has 0 aliphatic rings. The van der Waals surface area contributed by atoms with Crippen molar-refractivity contribution < 1.29 is 9.53 Å². The van der Waals surface area contributed by atoms with Crippen LogP contribution in [-0.2, 0) is 4.79 Å².